The molecule has 3 aromatic rings. The van der Waals surface area contributed by atoms with Crippen LogP contribution in [0.3, 0.4) is 0 Å². The molecular formula is C29H37N6O8P. The number of fused-ring (bicyclic) bond motifs is 1. The van der Waals surface area contributed by atoms with Crippen LogP contribution in [-0.4, -0.2) is 67.8 Å². The summed E-state index contributed by atoms with van der Waals surface area (Å²) in [6, 6.07) is 13.3. The van der Waals surface area contributed by atoms with Crippen LogP contribution in [0.25, 0.3) is 5.52 Å². The van der Waals surface area contributed by atoms with E-state index in [1.54, 1.807) is 36.4 Å². The molecule has 0 amide bonds. The number of benzene rings is 1. The van der Waals surface area contributed by atoms with E-state index in [-0.39, 0.29) is 29.8 Å². The lowest BCUT2D eigenvalue weighted by Gasteiger charge is -2.41. The molecule has 5 rings (SSSR count). The van der Waals surface area contributed by atoms with Crippen LogP contribution in [0.2, 0.25) is 0 Å². The molecule has 0 bridgehead atoms. The van der Waals surface area contributed by atoms with Gasteiger partial charge < -0.3 is 29.9 Å². The van der Waals surface area contributed by atoms with E-state index in [4.69, 9.17) is 24.3 Å². The third-order valence-corrected chi connectivity index (χ3v) is 10.1. The molecule has 2 fully saturated rings. The van der Waals surface area contributed by atoms with Crippen LogP contribution in [0.5, 0.6) is 5.75 Å². The highest BCUT2D eigenvalue weighted by molar-refractivity contribution is 7.52. The molecule has 5 N–H and O–H groups in total. The minimum Gasteiger partial charge on any atom is -0.464 e. The number of nitrogens with one attached hydrogen (secondary N) is 1. The number of ether oxygens (including phenoxy) is 2. The summed E-state index contributed by atoms with van der Waals surface area (Å²) < 4.78 is 38.8. The number of rotatable bonds is 13. The number of para-hydroxylation sites is 1. The molecule has 3 heterocycles. The van der Waals surface area contributed by atoms with Crippen molar-refractivity contribution < 1.29 is 38.1 Å². The minimum absolute atomic E-state index is 0.105. The largest absolute Gasteiger partial charge is 0.464 e. The maximum atomic E-state index is 14.3. The summed E-state index contributed by atoms with van der Waals surface area (Å²) in [6.07, 6.45) is -0.421. The maximum absolute atomic E-state index is 14.3. The fourth-order valence-corrected chi connectivity index (χ4v) is 7.18. The number of nitrogens with zero attached hydrogens (tertiary/aromatic N) is 4. The fraction of sp³-hybridized carbons (Fsp3) is 0.517. The Labute approximate surface area is 254 Å². The van der Waals surface area contributed by atoms with E-state index < -0.39 is 49.8 Å². The van der Waals surface area contributed by atoms with E-state index in [9.17, 15) is 24.8 Å². The van der Waals surface area contributed by atoms with Crippen molar-refractivity contribution in [3.05, 3.63) is 54.5 Å². The van der Waals surface area contributed by atoms with Gasteiger partial charge in [0.1, 0.15) is 47.5 Å². The molecule has 1 saturated carbocycles. The number of aliphatic hydroxyl groups excluding tert-OH is 2. The first-order valence-electron chi connectivity index (χ1n) is 14.6. The maximum Gasteiger partial charge on any atom is 0.459 e. The lowest BCUT2D eigenvalue weighted by molar-refractivity contribution is -0.156. The van der Waals surface area contributed by atoms with E-state index in [0.717, 1.165) is 12.8 Å². The van der Waals surface area contributed by atoms with Crippen LogP contribution in [0.4, 0.5) is 5.82 Å². The lowest BCUT2D eigenvalue weighted by atomic mass is 9.78. The van der Waals surface area contributed by atoms with Crippen molar-refractivity contribution in [2.24, 2.45) is 5.92 Å². The predicted octanol–water partition coefficient (Wildman–Crippen LogP) is 2.85. The molecule has 15 heteroatoms. The smallest absolute Gasteiger partial charge is 0.459 e. The van der Waals surface area contributed by atoms with Crippen molar-refractivity contribution in [2.75, 3.05) is 18.9 Å². The van der Waals surface area contributed by atoms with Gasteiger partial charge in [-0.1, -0.05) is 44.9 Å². The summed E-state index contributed by atoms with van der Waals surface area (Å²) in [5, 5.41) is 39.2. The second-order valence-corrected chi connectivity index (χ2v) is 12.8. The summed E-state index contributed by atoms with van der Waals surface area (Å²) in [5.74, 6) is 0.00171. The first-order chi connectivity index (χ1) is 21.1. The molecule has 2 aliphatic rings. The topological polar surface area (TPSA) is 204 Å². The Balaban J connectivity index is 1.38. The van der Waals surface area contributed by atoms with Gasteiger partial charge in [-0.05, 0) is 49.4 Å². The molecule has 2 aromatic heterocycles. The first kappa shape index (κ1) is 31.8. The van der Waals surface area contributed by atoms with Gasteiger partial charge in [0, 0.05) is 0 Å². The molecule has 14 nitrogen and oxygen atoms in total. The summed E-state index contributed by atoms with van der Waals surface area (Å²) in [4.78, 5) is 17.2. The molecule has 1 aliphatic carbocycles. The third-order valence-electron chi connectivity index (χ3n) is 8.42. The highest BCUT2D eigenvalue weighted by Gasteiger charge is 2.58. The number of nitrogens with two attached hydrogens (primary N) is 1. The minimum atomic E-state index is -4.35. The van der Waals surface area contributed by atoms with Crippen molar-refractivity contribution in [1.29, 1.82) is 5.26 Å². The van der Waals surface area contributed by atoms with Gasteiger partial charge in [0.25, 0.3) is 0 Å². The number of hydrogen-bond acceptors (Lipinski definition) is 12. The van der Waals surface area contributed by atoms with Gasteiger partial charge in [0.05, 0.1) is 18.9 Å². The number of carbonyl (C=O) groups is 1. The van der Waals surface area contributed by atoms with Gasteiger partial charge in [-0.15, -0.1) is 0 Å². The molecule has 1 saturated heterocycles. The summed E-state index contributed by atoms with van der Waals surface area (Å²) in [7, 11) is -4.35. The zero-order valence-corrected chi connectivity index (χ0v) is 25.4. The van der Waals surface area contributed by atoms with Gasteiger partial charge in [0.15, 0.2) is 5.82 Å². The molecule has 5 atom stereocenters. The van der Waals surface area contributed by atoms with Gasteiger partial charge in [-0.2, -0.15) is 15.4 Å². The van der Waals surface area contributed by atoms with Crippen LogP contribution in [0, 0.1) is 17.2 Å². The number of aromatic nitrogens is 3. The molecule has 1 aromatic carbocycles. The van der Waals surface area contributed by atoms with E-state index in [1.807, 2.05) is 19.9 Å². The first-order valence-corrected chi connectivity index (χ1v) is 16.1. The number of nitrogen functional groups attached to an aromatic ring is 1. The Morgan fingerprint density at radius 2 is 1.98 bits per heavy atom. The molecule has 44 heavy (non-hydrogen) atoms. The van der Waals surface area contributed by atoms with Gasteiger partial charge in [0.2, 0.25) is 5.60 Å². The normalized spacial score (nSPS) is 25.7. The van der Waals surface area contributed by atoms with E-state index >= 15 is 0 Å². The summed E-state index contributed by atoms with van der Waals surface area (Å²) in [6.45, 7) is 3.71. The number of esters is 1. The molecule has 1 aliphatic heterocycles. The van der Waals surface area contributed by atoms with E-state index in [2.05, 4.69) is 15.2 Å². The summed E-state index contributed by atoms with van der Waals surface area (Å²) >= 11 is 0. The number of nitriles is 1. The monoisotopic (exact) mass is 628 g/mol. The van der Waals surface area contributed by atoms with Crippen LogP contribution in [0.1, 0.15) is 51.6 Å². The van der Waals surface area contributed by atoms with E-state index in [0.29, 0.717) is 24.8 Å². The zero-order chi connectivity index (χ0) is 31.5. The van der Waals surface area contributed by atoms with Crippen LogP contribution >= 0.6 is 7.75 Å². The van der Waals surface area contributed by atoms with Crippen LogP contribution in [-0.2, 0) is 29.0 Å². The number of aliphatic hydroxyl groups is 2. The highest BCUT2D eigenvalue weighted by atomic mass is 31.2. The average molecular weight is 629 g/mol. The fourth-order valence-electron chi connectivity index (χ4n) is 5.43. The van der Waals surface area contributed by atoms with Crippen LogP contribution in [0.15, 0.2) is 48.8 Å². The second-order valence-electron chi connectivity index (χ2n) is 11.1. The molecule has 0 spiro atoms. The van der Waals surface area contributed by atoms with Crippen molar-refractivity contribution in [3.8, 4) is 11.8 Å². The second kappa shape index (κ2) is 12.8. The Kier molecular flexibility index (Phi) is 9.27. The quantitative estimate of drug-likeness (QED) is 0.159. The Bertz CT molecular complexity index is 1560. The zero-order valence-electron chi connectivity index (χ0n) is 24.5. The van der Waals surface area contributed by atoms with E-state index in [1.165, 1.54) is 16.9 Å². The standard InChI is InChI=1S/C29H37N6O8P/c1-3-19(4-2)15-40-27(38)28(13-8-14-28)34-44(39,43-20-9-6-5-7-10-20)41-16-22-24(36)25(37)29(17-30,42-22)23-12-11-21-26(31)32-18-33-35(21)23/h5-7,9-12,18-19,22,24-25,36-37H,3-4,8,13-16H2,1-2H3,(H,34,39)(H2,31,32,33)/t22-,24-,25-,29+,44+/m1/s1. The van der Waals surface area contributed by atoms with Gasteiger partial charge in [-0.25, -0.2) is 14.1 Å². The SMILES string of the molecule is CCC(CC)COC(=O)C1(N[P@](=O)(OC[C@H]2O[C@@](C#N)(c3ccc4c(N)ncnn34)[C@H](O)[C@@H]2O)Oc2ccccc2)CCC1. The highest BCUT2D eigenvalue weighted by Crippen LogP contribution is 2.51. The third kappa shape index (κ3) is 5.91. The molecular weight excluding hydrogens is 591 g/mol. The molecule has 0 radical (unpaired) electrons. The Morgan fingerprint density at radius 1 is 1.25 bits per heavy atom. The Morgan fingerprint density at radius 3 is 2.61 bits per heavy atom. The van der Waals surface area contributed by atoms with Gasteiger partial charge >= 0.3 is 13.7 Å². The Hall–Kier alpha value is -3.57. The van der Waals surface area contributed by atoms with Crippen LogP contribution < -0.4 is 15.3 Å². The number of anilines is 1. The number of carbonyl (C=O) groups excluding carboxylic acids is 1. The van der Waals surface area contributed by atoms with Crippen molar-refractivity contribution in [2.45, 2.75) is 75.4 Å². The summed E-state index contributed by atoms with van der Waals surface area (Å²) in [5.41, 5.74) is 3.02. The lowest BCUT2D eigenvalue weighted by Crippen LogP contribution is -2.57. The van der Waals surface area contributed by atoms with Crippen molar-refractivity contribution in [1.82, 2.24) is 19.7 Å². The average Bonchev–Trinajstić information content (AvgIpc) is 3.55. The van der Waals surface area contributed by atoms with Gasteiger partial charge in [-0.3, -0.25) is 9.32 Å². The van der Waals surface area contributed by atoms with Crippen molar-refractivity contribution >= 4 is 25.1 Å². The predicted molar refractivity (Wildman–Crippen MR) is 157 cm³/mol. The van der Waals surface area contributed by atoms with Crippen molar-refractivity contribution in [3.63, 3.8) is 0 Å². The molecule has 0 unspecified atom stereocenters. The number of hydrogen-bond donors (Lipinski definition) is 4. The molecule has 236 valence electrons.